The molecule has 1 N–H and O–H groups in total. The second-order valence-corrected chi connectivity index (χ2v) is 4.99. The molecular formula is C16H16ClFO. The third-order valence-corrected chi connectivity index (χ3v) is 3.36. The Morgan fingerprint density at radius 1 is 1.11 bits per heavy atom. The van der Waals surface area contributed by atoms with Gasteiger partial charge in [-0.2, -0.15) is 0 Å². The van der Waals surface area contributed by atoms with Crippen molar-refractivity contribution in [2.24, 2.45) is 0 Å². The molecule has 0 radical (unpaired) electrons. The number of hydrogen-bond acceptors (Lipinski definition) is 1. The Labute approximate surface area is 117 Å². The Morgan fingerprint density at radius 3 is 2.53 bits per heavy atom. The van der Waals surface area contributed by atoms with E-state index in [9.17, 15) is 9.50 Å². The molecule has 0 fully saturated rings. The van der Waals surface area contributed by atoms with Crippen LogP contribution in [0.1, 0.15) is 30.1 Å². The minimum atomic E-state index is -0.489. The van der Waals surface area contributed by atoms with Gasteiger partial charge in [-0.1, -0.05) is 48.0 Å². The molecule has 0 saturated heterocycles. The highest BCUT2D eigenvalue weighted by Gasteiger charge is 2.08. The van der Waals surface area contributed by atoms with Crippen molar-refractivity contribution in [3.05, 3.63) is 70.5 Å². The van der Waals surface area contributed by atoms with Crippen LogP contribution < -0.4 is 0 Å². The van der Waals surface area contributed by atoms with Crippen LogP contribution in [0.4, 0.5) is 4.39 Å². The van der Waals surface area contributed by atoms with Crippen molar-refractivity contribution in [1.82, 2.24) is 0 Å². The maximum absolute atomic E-state index is 13.6. The highest BCUT2D eigenvalue weighted by atomic mass is 35.5. The molecule has 0 aliphatic heterocycles. The zero-order valence-electron chi connectivity index (χ0n) is 10.5. The first-order chi connectivity index (χ1) is 9.16. The SMILES string of the molecule is OC(CCCc1ccc(Cl)cc1F)c1ccccc1. The van der Waals surface area contributed by atoms with Crippen molar-refractivity contribution in [2.75, 3.05) is 0 Å². The fourth-order valence-corrected chi connectivity index (χ4v) is 2.21. The van der Waals surface area contributed by atoms with Crippen LogP contribution in [0, 0.1) is 5.82 Å². The molecule has 0 heterocycles. The van der Waals surface area contributed by atoms with Crippen LogP contribution in [0.25, 0.3) is 0 Å². The predicted molar refractivity (Wildman–Crippen MR) is 75.7 cm³/mol. The third-order valence-electron chi connectivity index (χ3n) is 3.12. The Bertz CT molecular complexity index is 528. The van der Waals surface area contributed by atoms with Gasteiger partial charge in [-0.15, -0.1) is 0 Å². The van der Waals surface area contributed by atoms with E-state index < -0.39 is 6.10 Å². The number of rotatable bonds is 5. The molecule has 0 bridgehead atoms. The van der Waals surface area contributed by atoms with Gasteiger partial charge in [-0.05, 0) is 42.5 Å². The minimum absolute atomic E-state index is 0.276. The minimum Gasteiger partial charge on any atom is -0.388 e. The van der Waals surface area contributed by atoms with E-state index in [0.717, 1.165) is 12.0 Å². The molecule has 3 heteroatoms. The van der Waals surface area contributed by atoms with E-state index in [4.69, 9.17) is 11.6 Å². The molecule has 0 amide bonds. The van der Waals surface area contributed by atoms with Crippen LogP contribution in [0.3, 0.4) is 0 Å². The van der Waals surface area contributed by atoms with Crippen LogP contribution in [-0.2, 0) is 6.42 Å². The molecular weight excluding hydrogens is 263 g/mol. The van der Waals surface area contributed by atoms with Gasteiger partial charge in [0.1, 0.15) is 5.82 Å². The summed E-state index contributed by atoms with van der Waals surface area (Å²) in [4.78, 5) is 0. The lowest BCUT2D eigenvalue weighted by Crippen LogP contribution is -1.99. The Kier molecular flexibility index (Phi) is 4.94. The van der Waals surface area contributed by atoms with Gasteiger partial charge in [0.05, 0.1) is 6.10 Å². The lowest BCUT2D eigenvalue weighted by atomic mass is 10.0. The van der Waals surface area contributed by atoms with E-state index in [1.165, 1.54) is 6.07 Å². The normalized spacial score (nSPS) is 12.4. The van der Waals surface area contributed by atoms with Gasteiger partial charge < -0.3 is 5.11 Å². The number of aliphatic hydroxyl groups excluding tert-OH is 1. The van der Waals surface area contributed by atoms with Gasteiger partial charge in [0.2, 0.25) is 0 Å². The quantitative estimate of drug-likeness (QED) is 0.851. The Balaban J connectivity index is 1.86. The average molecular weight is 279 g/mol. The van der Waals surface area contributed by atoms with Crippen LogP contribution in [0.15, 0.2) is 48.5 Å². The van der Waals surface area contributed by atoms with Crippen molar-refractivity contribution in [1.29, 1.82) is 0 Å². The summed E-state index contributed by atoms with van der Waals surface area (Å²) in [5, 5.41) is 10.4. The van der Waals surface area contributed by atoms with Gasteiger partial charge in [0, 0.05) is 5.02 Å². The molecule has 0 spiro atoms. The molecule has 1 atom stereocenters. The fourth-order valence-electron chi connectivity index (χ4n) is 2.05. The maximum atomic E-state index is 13.6. The second kappa shape index (κ2) is 6.69. The van der Waals surface area contributed by atoms with E-state index in [0.29, 0.717) is 23.4 Å². The smallest absolute Gasteiger partial charge is 0.127 e. The lowest BCUT2D eigenvalue weighted by Gasteiger charge is -2.11. The summed E-state index contributed by atoms with van der Waals surface area (Å²) >= 11 is 5.70. The van der Waals surface area contributed by atoms with Gasteiger partial charge in [0.15, 0.2) is 0 Å². The van der Waals surface area contributed by atoms with E-state index in [2.05, 4.69) is 0 Å². The summed E-state index contributed by atoms with van der Waals surface area (Å²) in [7, 11) is 0. The first-order valence-electron chi connectivity index (χ1n) is 6.34. The summed E-state index contributed by atoms with van der Waals surface area (Å²) in [5.74, 6) is -0.276. The molecule has 0 aromatic heterocycles. The number of benzene rings is 2. The molecule has 100 valence electrons. The van der Waals surface area contributed by atoms with Crippen molar-refractivity contribution < 1.29 is 9.50 Å². The highest BCUT2D eigenvalue weighted by Crippen LogP contribution is 2.21. The lowest BCUT2D eigenvalue weighted by molar-refractivity contribution is 0.164. The first-order valence-corrected chi connectivity index (χ1v) is 6.71. The predicted octanol–water partition coefficient (Wildman–Crippen LogP) is 4.54. The summed E-state index contributed by atoms with van der Waals surface area (Å²) in [6.45, 7) is 0. The largest absolute Gasteiger partial charge is 0.388 e. The molecule has 1 unspecified atom stereocenters. The Morgan fingerprint density at radius 2 is 1.84 bits per heavy atom. The number of aryl methyl sites for hydroxylation is 1. The van der Waals surface area contributed by atoms with Crippen molar-refractivity contribution in [2.45, 2.75) is 25.4 Å². The van der Waals surface area contributed by atoms with Crippen LogP contribution in [-0.4, -0.2) is 5.11 Å². The van der Waals surface area contributed by atoms with Crippen LogP contribution in [0.2, 0.25) is 5.02 Å². The van der Waals surface area contributed by atoms with E-state index in [1.807, 2.05) is 30.3 Å². The Hall–Kier alpha value is -1.38. The molecule has 1 nitrogen and oxygen atoms in total. The zero-order chi connectivity index (χ0) is 13.7. The zero-order valence-corrected chi connectivity index (χ0v) is 11.3. The number of hydrogen-bond donors (Lipinski definition) is 1. The van der Waals surface area contributed by atoms with E-state index >= 15 is 0 Å². The summed E-state index contributed by atoms with van der Waals surface area (Å²) in [5.41, 5.74) is 1.55. The molecule has 19 heavy (non-hydrogen) atoms. The molecule has 2 aromatic rings. The third kappa shape index (κ3) is 4.05. The molecule has 0 aliphatic rings. The molecule has 0 aliphatic carbocycles. The maximum Gasteiger partial charge on any atom is 0.127 e. The van der Waals surface area contributed by atoms with Crippen LogP contribution >= 0.6 is 11.6 Å². The molecule has 2 aromatic carbocycles. The van der Waals surface area contributed by atoms with Crippen molar-refractivity contribution in [3.8, 4) is 0 Å². The van der Waals surface area contributed by atoms with Gasteiger partial charge in [-0.25, -0.2) is 4.39 Å². The van der Waals surface area contributed by atoms with Crippen molar-refractivity contribution >= 4 is 11.6 Å². The second-order valence-electron chi connectivity index (χ2n) is 4.55. The topological polar surface area (TPSA) is 20.2 Å². The van der Waals surface area contributed by atoms with E-state index in [-0.39, 0.29) is 5.82 Å². The highest BCUT2D eigenvalue weighted by molar-refractivity contribution is 6.30. The number of aliphatic hydroxyl groups is 1. The monoisotopic (exact) mass is 278 g/mol. The van der Waals surface area contributed by atoms with Gasteiger partial charge >= 0.3 is 0 Å². The van der Waals surface area contributed by atoms with Crippen LogP contribution in [0.5, 0.6) is 0 Å². The average Bonchev–Trinajstić information content (AvgIpc) is 2.42. The van der Waals surface area contributed by atoms with Gasteiger partial charge in [0.25, 0.3) is 0 Å². The molecule has 0 saturated carbocycles. The van der Waals surface area contributed by atoms with Gasteiger partial charge in [-0.3, -0.25) is 0 Å². The number of halogens is 2. The van der Waals surface area contributed by atoms with E-state index in [1.54, 1.807) is 12.1 Å². The van der Waals surface area contributed by atoms with Crippen molar-refractivity contribution in [3.63, 3.8) is 0 Å². The summed E-state index contributed by atoms with van der Waals surface area (Å²) in [6.07, 6.45) is 1.46. The molecule has 2 rings (SSSR count). The summed E-state index contributed by atoms with van der Waals surface area (Å²) < 4.78 is 13.6. The first kappa shape index (κ1) is 14.0. The summed E-state index contributed by atoms with van der Waals surface area (Å²) in [6, 6.07) is 14.2. The fraction of sp³-hybridized carbons (Fsp3) is 0.250. The standard InChI is InChI=1S/C16H16ClFO/c17-14-10-9-12(15(18)11-14)7-4-8-16(19)13-5-2-1-3-6-13/h1-3,5-6,9-11,16,19H,4,7-8H2.